The van der Waals surface area contributed by atoms with Crippen LogP contribution in [0.4, 0.5) is 0 Å². The minimum Gasteiger partial charge on any atom is -0.340 e. The molecule has 1 heterocycles. The van der Waals surface area contributed by atoms with Gasteiger partial charge in [0.1, 0.15) is 0 Å². The summed E-state index contributed by atoms with van der Waals surface area (Å²) in [6.45, 7) is 10.3. The fourth-order valence-electron chi connectivity index (χ4n) is 2.09. The molecule has 0 radical (unpaired) electrons. The minimum atomic E-state index is 0. The van der Waals surface area contributed by atoms with Gasteiger partial charge in [0.15, 0.2) is 0 Å². The number of nitrogens with zero attached hydrogens (tertiary/aromatic N) is 2. The van der Waals surface area contributed by atoms with Crippen molar-refractivity contribution >= 4 is 30.7 Å². The molecule has 0 atom stereocenters. The van der Waals surface area contributed by atoms with E-state index in [-0.39, 0.29) is 24.8 Å². The Labute approximate surface area is 123 Å². The molecule has 4 nitrogen and oxygen atoms in total. The van der Waals surface area contributed by atoms with Crippen molar-refractivity contribution in [3.8, 4) is 0 Å². The van der Waals surface area contributed by atoms with E-state index in [1.807, 2.05) is 11.9 Å². The van der Waals surface area contributed by atoms with Gasteiger partial charge in [-0.05, 0) is 13.0 Å². The highest BCUT2D eigenvalue weighted by Crippen LogP contribution is 2.06. The molecule has 0 spiro atoms. The number of halogens is 2. The van der Waals surface area contributed by atoms with Crippen LogP contribution in [0.25, 0.3) is 0 Å². The predicted molar refractivity (Wildman–Crippen MR) is 80.9 cm³/mol. The zero-order chi connectivity index (χ0) is 12.0. The first kappa shape index (κ1) is 20.3. The van der Waals surface area contributed by atoms with Gasteiger partial charge < -0.3 is 10.2 Å². The molecule has 0 unspecified atom stereocenters. The number of hydrogen-bond acceptors (Lipinski definition) is 3. The Balaban J connectivity index is 0. The summed E-state index contributed by atoms with van der Waals surface area (Å²) in [4.78, 5) is 16.2. The van der Waals surface area contributed by atoms with Gasteiger partial charge in [-0.1, -0.05) is 13.8 Å². The lowest BCUT2D eigenvalue weighted by Crippen LogP contribution is -2.49. The van der Waals surface area contributed by atoms with Gasteiger partial charge in [-0.3, -0.25) is 9.69 Å². The highest BCUT2D eigenvalue weighted by Gasteiger charge is 2.20. The standard InChI is InChI=1S/C12H25N3O.2ClH/c1-11(2)10-14-6-8-15(9-7-14)12(16)4-5-13-3;;/h11,13H,4-10H2,1-3H3;2*1H. The lowest BCUT2D eigenvalue weighted by molar-refractivity contribution is -0.132. The fraction of sp³-hybridized carbons (Fsp3) is 0.917. The number of nitrogens with one attached hydrogen (secondary N) is 1. The quantitative estimate of drug-likeness (QED) is 0.830. The van der Waals surface area contributed by atoms with Crippen molar-refractivity contribution in [1.82, 2.24) is 15.1 Å². The largest absolute Gasteiger partial charge is 0.340 e. The fourth-order valence-corrected chi connectivity index (χ4v) is 2.09. The zero-order valence-electron chi connectivity index (χ0n) is 11.6. The molecule has 0 aromatic carbocycles. The number of carbonyl (C=O) groups is 1. The van der Waals surface area contributed by atoms with Crippen LogP contribution in [0.2, 0.25) is 0 Å². The Morgan fingerprint density at radius 3 is 2.17 bits per heavy atom. The predicted octanol–water partition coefficient (Wildman–Crippen LogP) is 1.24. The van der Waals surface area contributed by atoms with E-state index in [0.29, 0.717) is 18.2 Å². The van der Waals surface area contributed by atoms with Gasteiger partial charge >= 0.3 is 0 Å². The molecule has 1 saturated heterocycles. The summed E-state index contributed by atoms with van der Waals surface area (Å²) in [5.74, 6) is 1.00. The van der Waals surface area contributed by atoms with E-state index in [2.05, 4.69) is 24.1 Å². The van der Waals surface area contributed by atoms with Gasteiger partial charge in [0, 0.05) is 45.7 Å². The van der Waals surface area contributed by atoms with Gasteiger partial charge in [0.2, 0.25) is 5.91 Å². The van der Waals surface area contributed by atoms with Crippen LogP contribution in [0.15, 0.2) is 0 Å². The van der Waals surface area contributed by atoms with Gasteiger partial charge in [-0.2, -0.15) is 0 Å². The summed E-state index contributed by atoms with van der Waals surface area (Å²) in [6.07, 6.45) is 0.626. The summed E-state index contributed by atoms with van der Waals surface area (Å²) in [7, 11) is 1.88. The van der Waals surface area contributed by atoms with E-state index in [1.165, 1.54) is 0 Å². The Kier molecular flexibility index (Phi) is 12.2. The van der Waals surface area contributed by atoms with Crippen LogP contribution < -0.4 is 5.32 Å². The number of hydrogen-bond donors (Lipinski definition) is 1. The van der Waals surface area contributed by atoms with E-state index in [4.69, 9.17) is 0 Å². The summed E-state index contributed by atoms with van der Waals surface area (Å²) in [6, 6.07) is 0. The molecule has 1 N–H and O–H groups in total. The average Bonchev–Trinajstić information content (AvgIpc) is 2.26. The molecule has 0 bridgehead atoms. The smallest absolute Gasteiger partial charge is 0.223 e. The lowest BCUT2D eigenvalue weighted by atomic mass is 10.2. The molecular weight excluding hydrogens is 273 g/mol. The Morgan fingerprint density at radius 2 is 1.72 bits per heavy atom. The molecule has 1 fully saturated rings. The van der Waals surface area contributed by atoms with Crippen molar-refractivity contribution in [3.05, 3.63) is 0 Å². The highest BCUT2D eigenvalue weighted by atomic mass is 35.5. The SMILES string of the molecule is CNCCC(=O)N1CCN(CC(C)C)CC1.Cl.Cl. The van der Waals surface area contributed by atoms with Crippen molar-refractivity contribution in [2.45, 2.75) is 20.3 Å². The van der Waals surface area contributed by atoms with E-state index < -0.39 is 0 Å². The van der Waals surface area contributed by atoms with Crippen LogP contribution >= 0.6 is 24.8 Å². The monoisotopic (exact) mass is 299 g/mol. The molecule has 110 valence electrons. The topological polar surface area (TPSA) is 35.6 Å². The molecular formula is C12H27Cl2N3O. The van der Waals surface area contributed by atoms with E-state index >= 15 is 0 Å². The normalized spacial score (nSPS) is 16.1. The number of carbonyl (C=O) groups excluding carboxylic acids is 1. The van der Waals surface area contributed by atoms with Crippen LogP contribution in [-0.4, -0.2) is 62.0 Å². The van der Waals surface area contributed by atoms with Gasteiger partial charge in [0.05, 0.1) is 0 Å². The van der Waals surface area contributed by atoms with Crippen molar-refractivity contribution < 1.29 is 4.79 Å². The van der Waals surface area contributed by atoms with Crippen LogP contribution in [0.5, 0.6) is 0 Å². The van der Waals surface area contributed by atoms with E-state index in [0.717, 1.165) is 39.3 Å². The maximum absolute atomic E-state index is 11.8. The molecule has 1 rings (SSSR count). The molecule has 1 aliphatic heterocycles. The first-order valence-corrected chi connectivity index (χ1v) is 6.28. The van der Waals surface area contributed by atoms with Crippen molar-refractivity contribution in [3.63, 3.8) is 0 Å². The van der Waals surface area contributed by atoms with Crippen LogP contribution in [0.3, 0.4) is 0 Å². The van der Waals surface area contributed by atoms with Gasteiger partial charge in [-0.25, -0.2) is 0 Å². The second-order valence-corrected chi connectivity index (χ2v) is 4.93. The maximum atomic E-state index is 11.8. The highest BCUT2D eigenvalue weighted by molar-refractivity contribution is 5.85. The average molecular weight is 300 g/mol. The van der Waals surface area contributed by atoms with Crippen molar-refractivity contribution in [2.24, 2.45) is 5.92 Å². The molecule has 18 heavy (non-hydrogen) atoms. The second-order valence-electron chi connectivity index (χ2n) is 4.93. The molecule has 0 aromatic rings. The third kappa shape index (κ3) is 7.41. The summed E-state index contributed by atoms with van der Waals surface area (Å²) >= 11 is 0. The van der Waals surface area contributed by atoms with Gasteiger partial charge in [0.25, 0.3) is 0 Å². The summed E-state index contributed by atoms with van der Waals surface area (Å²) < 4.78 is 0. The Morgan fingerprint density at radius 1 is 1.17 bits per heavy atom. The van der Waals surface area contributed by atoms with Crippen molar-refractivity contribution in [2.75, 3.05) is 46.3 Å². The first-order valence-electron chi connectivity index (χ1n) is 6.28. The summed E-state index contributed by atoms with van der Waals surface area (Å²) in [5.41, 5.74) is 0. The Hall–Kier alpha value is -0.0300. The molecule has 0 aliphatic carbocycles. The molecule has 6 heteroatoms. The number of rotatable bonds is 5. The van der Waals surface area contributed by atoms with E-state index in [9.17, 15) is 4.79 Å². The van der Waals surface area contributed by atoms with Crippen LogP contribution in [-0.2, 0) is 4.79 Å². The van der Waals surface area contributed by atoms with Crippen LogP contribution in [0, 0.1) is 5.92 Å². The van der Waals surface area contributed by atoms with Crippen molar-refractivity contribution in [1.29, 1.82) is 0 Å². The second kappa shape index (κ2) is 10.9. The third-order valence-corrected chi connectivity index (χ3v) is 2.94. The zero-order valence-corrected chi connectivity index (χ0v) is 13.3. The molecule has 0 aromatic heterocycles. The summed E-state index contributed by atoms with van der Waals surface area (Å²) in [5, 5.41) is 3.01. The minimum absolute atomic E-state index is 0. The van der Waals surface area contributed by atoms with Gasteiger partial charge in [-0.15, -0.1) is 24.8 Å². The molecule has 1 aliphatic rings. The number of piperazine rings is 1. The number of amides is 1. The lowest BCUT2D eigenvalue weighted by Gasteiger charge is -2.35. The van der Waals surface area contributed by atoms with Crippen LogP contribution in [0.1, 0.15) is 20.3 Å². The Bertz CT molecular complexity index is 219. The first-order chi connectivity index (χ1) is 7.63. The molecule has 1 amide bonds. The van der Waals surface area contributed by atoms with E-state index in [1.54, 1.807) is 0 Å². The third-order valence-electron chi connectivity index (χ3n) is 2.94. The maximum Gasteiger partial charge on any atom is 0.223 e. The molecule has 0 saturated carbocycles.